The lowest BCUT2D eigenvalue weighted by atomic mass is 10.1. The summed E-state index contributed by atoms with van der Waals surface area (Å²) >= 11 is 6.09. The summed E-state index contributed by atoms with van der Waals surface area (Å²) in [4.78, 5) is 37.7. The number of hydrogen-bond donors (Lipinski definition) is 2. The number of carboxylic acids is 1. The Morgan fingerprint density at radius 3 is 2.26 bits per heavy atom. The normalized spacial score (nSPS) is 14.8. The summed E-state index contributed by atoms with van der Waals surface area (Å²) in [5.74, 6) is -1.42. The average Bonchev–Trinajstić information content (AvgIpc) is 2.94. The van der Waals surface area contributed by atoms with E-state index < -0.39 is 28.1 Å². The minimum Gasteiger partial charge on any atom is -0.495 e. The molecule has 3 rings (SSSR count). The van der Waals surface area contributed by atoms with Crippen molar-refractivity contribution in [3.8, 4) is 11.5 Å². The number of carbonyl (C=O) groups is 3. The van der Waals surface area contributed by atoms with Crippen LogP contribution in [-0.4, -0.2) is 87.1 Å². The van der Waals surface area contributed by atoms with Gasteiger partial charge in [-0.05, 0) is 12.0 Å². The minimum absolute atomic E-state index is 0.0224. The zero-order chi connectivity index (χ0) is 28.6. The van der Waals surface area contributed by atoms with Crippen molar-refractivity contribution in [3.05, 3.63) is 53.1 Å². The Labute approximate surface area is 231 Å². The number of rotatable bonds is 11. The van der Waals surface area contributed by atoms with Crippen molar-refractivity contribution in [1.29, 1.82) is 0 Å². The molecular formula is C25H30ClN3O9S. The fourth-order valence-electron chi connectivity index (χ4n) is 3.94. The second kappa shape index (κ2) is 13.5. The largest absolute Gasteiger partial charge is 0.495 e. The van der Waals surface area contributed by atoms with Gasteiger partial charge in [0.1, 0.15) is 29.0 Å². The second-order valence-electron chi connectivity index (χ2n) is 8.56. The fourth-order valence-corrected chi connectivity index (χ4v) is 5.75. The zero-order valence-corrected chi connectivity index (χ0v) is 23.0. The number of carbonyl (C=O) groups excluding carboxylic acids is 2. The Kier molecular flexibility index (Phi) is 10.4. The number of nitrogens with one attached hydrogen (secondary N) is 1. The highest BCUT2D eigenvalue weighted by molar-refractivity contribution is 7.89. The number of aliphatic carboxylic acids is 1. The van der Waals surface area contributed by atoms with E-state index in [0.29, 0.717) is 0 Å². The van der Waals surface area contributed by atoms with Crippen LogP contribution in [0.25, 0.3) is 0 Å². The van der Waals surface area contributed by atoms with E-state index in [0.717, 1.165) is 5.56 Å². The average molecular weight is 584 g/mol. The first-order valence-electron chi connectivity index (χ1n) is 12.0. The molecule has 1 saturated heterocycles. The molecule has 2 aromatic rings. The summed E-state index contributed by atoms with van der Waals surface area (Å²) in [5.41, 5.74) is 0.740. The van der Waals surface area contributed by atoms with Gasteiger partial charge in [-0.1, -0.05) is 41.9 Å². The van der Waals surface area contributed by atoms with Crippen molar-refractivity contribution >= 4 is 39.6 Å². The lowest BCUT2D eigenvalue weighted by molar-refractivity contribution is -0.140. The van der Waals surface area contributed by atoms with Crippen molar-refractivity contribution in [1.82, 2.24) is 14.5 Å². The summed E-state index contributed by atoms with van der Waals surface area (Å²) in [7, 11) is -1.29. The Morgan fingerprint density at radius 2 is 1.67 bits per heavy atom. The van der Waals surface area contributed by atoms with E-state index in [1.54, 1.807) is 24.3 Å². The number of carboxylic acid groups (broad SMARTS) is 1. The number of piperazine rings is 1. The number of methoxy groups -OCH3 is 2. The maximum atomic E-state index is 13.3. The first-order valence-corrected chi connectivity index (χ1v) is 13.8. The summed E-state index contributed by atoms with van der Waals surface area (Å²) in [6, 6.07) is 10.2. The van der Waals surface area contributed by atoms with Gasteiger partial charge in [0.15, 0.2) is 0 Å². The molecule has 2 amide bonds. The topological polar surface area (TPSA) is 152 Å². The van der Waals surface area contributed by atoms with Gasteiger partial charge in [-0.2, -0.15) is 4.31 Å². The van der Waals surface area contributed by atoms with Gasteiger partial charge in [0.25, 0.3) is 0 Å². The van der Waals surface area contributed by atoms with Crippen molar-refractivity contribution in [2.75, 3.05) is 40.4 Å². The maximum absolute atomic E-state index is 13.3. The molecule has 1 fully saturated rings. The molecule has 0 spiro atoms. The van der Waals surface area contributed by atoms with Crippen LogP contribution < -0.4 is 14.8 Å². The molecule has 12 nitrogen and oxygen atoms in total. The van der Waals surface area contributed by atoms with Crippen LogP contribution in [0.5, 0.6) is 11.5 Å². The van der Waals surface area contributed by atoms with Gasteiger partial charge >= 0.3 is 12.1 Å². The SMILES string of the molecule is COc1cc(S(=O)(=O)N2CCN(C(=O)CC[C@H](NC(=O)OCc3ccccc3)C(=O)O)CC2)c(OC)cc1Cl. The summed E-state index contributed by atoms with van der Waals surface area (Å²) in [6.07, 6.45) is -1.23. The molecule has 39 heavy (non-hydrogen) atoms. The number of sulfonamides is 1. The van der Waals surface area contributed by atoms with Crippen molar-refractivity contribution in [2.24, 2.45) is 0 Å². The molecule has 1 heterocycles. The predicted molar refractivity (Wildman–Crippen MR) is 140 cm³/mol. The quantitative estimate of drug-likeness (QED) is 0.406. The van der Waals surface area contributed by atoms with E-state index in [9.17, 15) is 27.9 Å². The van der Waals surface area contributed by atoms with Crippen molar-refractivity contribution in [3.63, 3.8) is 0 Å². The molecule has 0 saturated carbocycles. The molecule has 1 atom stereocenters. The maximum Gasteiger partial charge on any atom is 0.408 e. The molecule has 2 aromatic carbocycles. The smallest absolute Gasteiger partial charge is 0.408 e. The van der Waals surface area contributed by atoms with Gasteiger partial charge in [-0.25, -0.2) is 18.0 Å². The third-order valence-corrected chi connectivity index (χ3v) is 8.31. The van der Waals surface area contributed by atoms with Crippen LogP contribution in [0.2, 0.25) is 5.02 Å². The number of alkyl carbamates (subject to hydrolysis) is 1. The van der Waals surface area contributed by atoms with Crippen LogP contribution in [-0.2, 0) is 31.0 Å². The van der Waals surface area contributed by atoms with Gasteiger partial charge in [0, 0.05) is 44.7 Å². The number of ether oxygens (including phenoxy) is 3. The van der Waals surface area contributed by atoms with Crippen molar-refractivity contribution < 1.29 is 42.1 Å². The summed E-state index contributed by atoms with van der Waals surface area (Å²) < 4.78 is 43.2. The van der Waals surface area contributed by atoms with Crippen LogP contribution in [0, 0.1) is 0 Å². The third-order valence-electron chi connectivity index (χ3n) is 6.10. The Hall–Kier alpha value is -3.55. The Balaban J connectivity index is 1.53. The molecule has 0 unspecified atom stereocenters. The van der Waals surface area contributed by atoms with E-state index in [1.807, 2.05) is 6.07 Å². The molecule has 14 heteroatoms. The number of halogens is 1. The van der Waals surface area contributed by atoms with Gasteiger partial charge in [-0.3, -0.25) is 4.79 Å². The lowest BCUT2D eigenvalue weighted by Crippen LogP contribution is -2.51. The van der Waals surface area contributed by atoms with Gasteiger partial charge in [0.2, 0.25) is 15.9 Å². The van der Waals surface area contributed by atoms with Crippen LogP contribution in [0.15, 0.2) is 47.4 Å². The first kappa shape index (κ1) is 30.0. The number of benzene rings is 2. The highest BCUT2D eigenvalue weighted by Gasteiger charge is 2.33. The van der Waals surface area contributed by atoms with Crippen LogP contribution in [0.4, 0.5) is 4.79 Å². The van der Waals surface area contributed by atoms with Crippen LogP contribution in [0.3, 0.4) is 0 Å². The lowest BCUT2D eigenvalue weighted by Gasteiger charge is -2.34. The molecule has 2 N–H and O–H groups in total. The highest BCUT2D eigenvalue weighted by atomic mass is 35.5. The molecule has 0 bridgehead atoms. The first-order chi connectivity index (χ1) is 18.6. The van der Waals surface area contributed by atoms with Gasteiger partial charge in [-0.15, -0.1) is 0 Å². The molecule has 1 aliphatic heterocycles. The monoisotopic (exact) mass is 583 g/mol. The summed E-state index contributed by atoms with van der Waals surface area (Å²) in [6.45, 7) is 0.230. The molecule has 0 radical (unpaired) electrons. The molecular weight excluding hydrogens is 554 g/mol. The Bertz CT molecular complexity index is 1280. The minimum atomic E-state index is -3.99. The van der Waals surface area contributed by atoms with Gasteiger partial charge < -0.3 is 29.5 Å². The standard InChI is InChI=1S/C25H30ClN3O9S/c1-36-20-15-22(21(37-2)14-18(20)26)39(34,35)29-12-10-28(11-13-29)23(30)9-8-19(24(31)32)27-25(33)38-16-17-6-4-3-5-7-17/h3-7,14-15,19H,8-13,16H2,1-2H3,(H,27,33)(H,31,32)/t19-/m0/s1. The second-order valence-corrected chi connectivity index (χ2v) is 10.9. The molecule has 1 aliphatic rings. The molecule has 212 valence electrons. The summed E-state index contributed by atoms with van der Waals surface area (Å²) in [5, 5.41) is 11.9. The van der Waals surface area contributed by atoms with Crippen molar-refractivity contribution in [2.45, 2.75) is 30.4 Å². The van der Waals surface area contributed by atoms with Crippen LogP contribution in [0.1, 0.15) is 18.4 Å². The zero-order valence-electron chi connectivity index (χ0n) is 21.5. The van der Waals surface area contributed by atoms with E-state index in [1.165, 1.54) is 35.6 Å². The number of nitrogens with zero attached hydrogens (tertiary/aromatic N) is 2. The number of hydrogen-bond acceptors (Lipinski definition) is 8. The molecule has 0 aromatic heterocycles. The van der Waals surface area contributed by atoms with E-state index >= 15 is 0 Å². The fraction of sp³-hybridized carbons (Fsp3) is 0.400. The van der Waals surface area contributed by atoms with E-state index in [2.05, 4.69) is 5.32 Å². The van der Waals surface area contributed by atoms with E-state index in [4.69, 9.17) is 25.8 Å². The molecule has 0 aliphatic carbocycles. The Morgan fingerprint density at radius 1 is 1.03 bits per heavy atom. The number of amides is 2. The van der Waals surface area contributed by atoms with Gasteiger partial charge in [0.05, 0.1) is 19.2 Å². The van der Waals surface area contributed by atoms with E-state index in [-0.39, 0.29) is 73.0 Å². The highest BCUT2D eigenvalue weighted by Crippen LogP contribution is 2.36. The predicted octanol–water partition coefficient (Wildman–Crippen LogP) is 2.35. The third kappa shape index (κ3) is 7.74. The van der Waals surface area contributed by atoms with Crippen LogP contribution >= 0.6 is 11.6 Å².